The van der Waals surface area contributed by atoms with Crippen LogP contribution < -0.4 is 0 Å². The van der Waals surface area contributed by atoms with Crippen molar-refractivity contribution in [2.24, 2.45) is 0 Å². The van der Waals surface area contributed by atoms with Crippen LogP contribution >= 0.6 is 11.8 Å². The third-order valence-corrected chi connectivity index (χ3v) is 85.3. The topological polar surface area (TPSA) is 0 Å². The van der Waals surface area contributed by atoms with Crippen molar-refractivity contribution in [1.82, 2.24) is 0 Å². The van der Waals surface area contributed by atoms with Crippen LogP contribution in [-0.4, -0.2) is 24.6 Å². The van der Waals surface area contributed by atoms with Crippen molar-refractivity contribution in [1.29, 1.82) is 0 Å². The second-order valence-electron chi connectivity index (χ2n) is 17.8. The molecule has 0 heterocycles. The minimum absolute atomic E-state index is 0.0329. The predicted molar refractivity (Wildman–Crippen MR) is 227 cm³/mol. The third kappa shape index (κ3) is 11.3. The molecule has 0 fully saturated rings. The van der Waals surface area contributed by atoms with Crippen LogP contribution in [0.1, 0.15) is 237 Å². The summed E-state index contributed by atoms with van der Waals surface area (Å²) in [6.45, 7) is 32.4. The van der Waals surface area contributed by atoms with Gasteiger partial charge in [0.05, 0.1) is 0 Å². The number of unbranched alkanes of at least 4 members (excludes halogenated alkanes) is 20. The Bertz CT molecular complexity index is 605. The molecule has 0 aliphatic carbocycles. The van der Waals surface area contributed by atoms with E-state index in [4.69, 9.17) is 0 Å². The molecule has 0 spiro atoms. The molecular formula is C44H96P2Ti. The molecule has 0 aromatic carbocycles. The normalized spacial score (nSPS) is 14.4. The average molecular weight is 735 g/mol. The fourth-order valence-electron chi connectivity index (χ4n) is 12.9. The zero-order valence-electron chi connectivity index (χ0n) is 35.5. The first-order valence-corrected chi connectivity index (χ1v) is 33.5. The Morgan fingerprint density at radius 2 is 0.447 bits per heavy atom. The second-order valence-corrected chi connectivity index (χ2v) is 53.4. The first kappa shape index (κ1) is 48.6. The van der Waals surface area contributed by atoms with Gasteiger partial charge in [0, 0.05) is 0 Å². The van der Waals surface area contributed by atoms with E-state index in [9.17, 15) is 0 Å². The SMILES string of the molecule is CCCCCCCC[P](CCCCCCCC)[Ti]([CH](C)C)([CH](C)C)([CH](C)C)([CH](C)C)[P](CCCCCCCC)CCCCCCCC. The number of hydrogen-bond donors (Lipinski definition) is 0. The molecule has 0 atom stereocenters. The Kier molecular flexibility index (Phi) is 27.2. The fraction of sp³-hybridized carbons (Fsp3) is 1.00. The molecule has 0 aliphatic heterocycles. The van der Waals surface area contributed by atoms with E-state index in [1.807, 2.05) is 0 Å². The molecular weight excluding hydrogens is 638 g/mol. The van der Waals surface area contributed by atoms with E-state index < -0.39 is 13.0 Å². The van der Waals surface area contributed by atoms with E-state index in [2.05, 4.69) is 83.1 Å². The van der Waals surface area contributed by atoms with E-state index in [1.165, 1.54) is 154 Å². The molecule has 0 N–H and O–H groups in total. The van der Waals surface area contributed by atoms with Gasteiger partial charge in [0.2, 0.25) is 0 Å². The second kappa shape index (κ2) is 26.4. The summed E-state index contributed by atoms with van der Waals surface area (Å²) in [5, 5.41) is 0. The van der Waals surface area contributed by atoms with Crippen LogP contribution in [0.15, 0.2) is 0 Å². The molecule has 0 saturated heterocycles. The van der Waals surface area contributed by atoms with Crippen molar-refractivity contribution in [3.63, 3.8) is 0 Å². The van der Waals surface area contributed by atoms with Gasteiger partial charge in [-0.15, -0.1) is 0 Å². The Balaban J connectivity index is 7.17. The van der Waals surface area contributed by atoms with Gasteiger partial charge in [-0.2, -0.15) is 0 Å². The van der Waals surface area contributed by atoms with E-state index >= 15 is 0 Å². The summed E-state index contributed by atoms with van der Waals surface area (Å²) in [6, 6.07) is 0. The molecule has 286 valence electrons. The van der Waals surface area contributed by atoms with E-state index in [-0.39, 0.29) is 11.8 Å². The zero-order valence-corrected chi connectivity index (χ0v) is 38.9. The van der Waals surface area contributed by atoms with Gasteiger partial charge in [0.1, 0.15) is 0 Å². The quantitative estimate of drug-likeness (QED) is 0.0351. The summed E-state index contributed by atoms with van der Waals surface area (Å²) in [5.41, 5.74) is 0. The molecule has 0 rings (SSSR count). The van der Waals surface area contributed by atoms with E-state index in [1.54, 1.807) is 24.6 Å². The summed E-state index contributed by atoms with van der Waals surface area (Å²) in [4.78, 5) is 0. The van der Waals surface area contributed by atoms with Crippen LogP contribution in [0.3, 0.4) is 0 Å². The summed E-state index contributed by atoms with van der Waals surface area (Å²) in [5.74, 6) is 0.0658. The van der Waals surface area contributed by atoms with E-state index in [0.717, 1.165) is 16.9 Å². The van der Waals surface area contributed by atoms with Crippen LogP contribution in [0.2, 0.25) is 16.9 Å². The predicted octanol–water partition coefficient (Wildman–Crippen LogP) is 18.8. The summed E-state index contributed by atoms with van der Waals surface area (Å²) in [7, 11) is 0. The molecule has 0 amide bonds. The van der Waals surface area contributed by atoms with Crippen LogP contribution in [0.4, 0.5) is 0 Å². The fourth-order valence-corrected chi connectivity index (χ4v) is 90.6. The Hall–Kier alpha value is 1.57. The van der Waals surface area contributed by atoms with Crippen molar-refractivity contribution in [2.45, 2.75) is 254 Å². The van der Waals surface area contributed by atoms with Gasteiger partial charge in [-0.3, -0.25) is 0 Å². The maximum atomic E-state index is 2.86. The van der Waals surface area contributed by atoms with Crippen molar-refractivity contribution >= 4 is 11.8 Å². The average Bonchev–Trinajstić information content (AvgIpc) is 3.03. The summed E-state index contributed by atoms with van der Waals surface area (Å²) in [6.07, 6.45) is 41.6. The van der Waals surface area contributed by atoms with Crippen LogP contribution in [-0.2, 0) is 13.0 Å². The zero-order chi connectivity index (χ0) is 35.7. The number of hydrogen-bond acceptors (Lipinski definition) is 0. The molecule has 0 aromatic rings. The van der Waals surface area contributed by atoms with Gasteiger partial charge in [-0.1, -0.05) is 0 Å². The third-order valence-electron chi connectivity index (χ3n) is 14.9. The molecule has 0 aliphatic rings. The van der Waals surface area contributed by atoms with E-state index in [0.29, 0.717) is 0 Å². The number of rotatable bonds is 34. The van der Waals surface area contributed by atoms with Crippen LogP contribution in [0.25, 0.3) is 0 Å². The monoisotopic (exact) mass is 735 g/mol. The minimum atomic E-state index is -3.94. The van der Waals surface area contributed by atoms with Crippen LogP contribution in [0, 0.1) is 0 Å². The first-order valence-electron chi connectivity index (χ1n) is 22.3. The summed E-state index contributed by atoms with van der Waals surface area (Å²) >= 11 is -3.94. The standard InChI is InChI=1S/2C16H34P.4C3H7.Ti/c2*1-3-5-7-9-11-13-15-17-16-14-12-10-8-6-4-2;4*1-3-2;/h2*3-16H2,1-2H3;4*3H,1-2H3;/q2*-1;;;;;+2. The first-order chi connectivity index (χ1) is 22.5. The molecule has 0 nitrogen and oxygen atoms in total. The van der Waals surface area contributed by atoms with Gasteiger partial charge in [-0.05, 0) is 0 Å². The molecule has 0 aromatic heterocycles. The van der Waals surface area contributed by atoms with Crippen molar-refractivity contribution in [3.8, 4) is 0 Å². The summed E-state index contributed by atoms with van der Waals surface area (Å²) < 4.78 is 3.64. The van der Waals surface area contributed by atoms with Crippen LogP contribution in [0.5, 0.6) is 0 Å². The van der Waals surface area contributed by atoms with Gasteiger partial charge >= 0.3 is 304 Å². The van der Waals surface area contributed by atoms with Gasteiger partial charge in [0.25, 0.3) is 0 Å². The van der Waals surface area contributed by atoms with Gasteiger partial charge in [0.15, 0.2) is 0 Å². The van der Waals surface area contributed by atoms with Gasteiger partial charge < -0.3 is 0 Å². The van der Waals surface area contributed by atoms with Crippen molar-refractivity contribution in [3.05, 3.63) is 0 Å². The van der Waals surface area contributed by atoms with Crippen molar-refractivity contribution in [2.75, 3.05) is 24.6 Å². The Morgan fingerprint density at radius 3 is 0.617 bits per heavy atom. The molecule has 0 saturated carbocycles. The van der Waals surface area contributed by atoms with Gasteiger partial charge in [-0.25, -0.2) is 0 Å². The molecule has 3 heteroatoms. The molecule has 0 radical (unpaired) electrons. The molecule has 47 heavy (non-hydrogen) atoms. The van der Waals surface area contributed by atoms with Crippen molar-refractivity contribution < 1.29 is 13.0 Å². The Labute approximate surface area is 301 Å². The maximum absolute atomic E-state index is 3.94. The molecule has 0 bridgehead atoms. The molecule has 0 unspecified atom stereocenters. The Morgan fingerprint density at radius 1 is 0.277 bits per heavy atom.